The molecular formula is C24H19Cl2F2N3O3. The van der Waals surface area contributed by atoms with Crippen LogP contribution in [0.3, 0.4) is 0 Å². The summed E-state index contributed by atoms with van der Waals surface area (Å²) in [5, 5.41) is 8.38. The summed E-state index contributed by atoms with van der Waals surface area (Å²) >= 11 is 12.2. The first-order valence-electron chi connectivity index (χ1n) is 10.2. The number of rotatable bonds is 7. The number of ether oxygens (including phenoxy) is 1. The third kappa shape index (κ3) is 5.24. The van der Waals surface area contributed by atoms with E-state index in [0.717, 1.165) is 23.4 Å². The van der Waals surface area contributed by atoms with Gasteiger partial charge in [0.2, 0.25) is 0 Å². The molecule has 0 saturated heterocycles. The van der Waals surface area contributed by atoms with Gasteiger partial charge >= 0.3 is 0 Å². The summed E-state index contributed by atoms with van der Waals surface area (Å²) in [4.78, 5) is 12.7. The molecular weight excluding hydrogens is 487 g/mol. The van der Waals surface area contributed by atoms with E-state index in [-0.39, 0.29) is 18.1 Å². The molecule has 0 aliphatic heterocycles. The van der Waals surface area contributed by atoms with E-state index in [1.54, 1.807) is 29.8 Å². The van der Waals surface area contributed by atoms with Crippen molar-refractivity contribution in [1.29, 1.82) is 0 Å². The summed E-state index contributed by atoms with van der Waals surface area (Å²) in [6.07, 6.45) is 0. The van der Waals surface area contributed by atoms with Crippen molar-refractivity contribution < 1.29 is 22.7 Å². The van der Waals surface area contributed by atoms with Crippen LogP contribution < -0.4 is 10.1 Å². The van der Waals surface area contributed by atoms with Gasteiger partial charge in [0.15, 0.2) is 17.3 Å². The highest BCUT2D eigenvalue weighted by Crippen LogP contribution is 2.26. The van der Waals surface area contributed by atoms with E-state index in [1.165, 1.54) is 12.1 Å². The Hall–Kier alpha value is -3.36. The SMILES string of the molecule is Cc1nn(Cc2ccc(Cl)cc2Cl)c(C)c1NC(=O)c1ccc(COc2ccc(F)cc2F)o1. The summed E-state index contributed by atoms with van der Waals surface area (Å²) in [6.45, 7) is 3.88. The molecule has 176 valence electrons. The number of hydrogen-bond donors (Lipinski definition) is 1. The Morgan fingerprint density at radius 1 is 1.12 bits per heavy atom. The third-order valence-corrected chi connectivity index (χ3v) is 5.69. The van der Waals surface area contributed by atoms with E-state index in [9.17, 15) is 13.6 Å². The quantitative estimate of drug-likeness (QED) is 0.308. The van der Waals surface area contributed by atoms with Crippen molar-refractivity contribution in [3.63, 3.8) is 0 Å². The Kier molecular flexibility index (Phi) is 6.90. The van der Waals surface area contributed by atoms with Gasteiger partial charge in [0.05, 0.1) is 23.6 Å². The lowest BCUT2D eigenvalue weighted by Crippen LogP contribution is -2.12. The normalized spacial score (nSPS) is 11.0. The Balaban J connectivity index is 1.43. The number of benzene rings is 2. The van der Waals surface area contributed by atoms with Crippen molar-refractivity contribution in [3.8, 4) is 5.75 Å². The van der Waals surface area contributed by atoms with Crippen LogP contribution in [0.1, 0.15) is 33.3 Å². The molecule has 4 rings (SSSR count). The number of hydrogen-bond acceptors (Lipinski definition) is 4. The zero-order valence-electron chi connectivity index (χ0n) is 18.2. The van der Waals surface area contributed by atoms with E-state index < -0.39 is 17.5 Å². The highest BCUT2D eigenvalue weighted by molar-refractivity contribution is 6.35. The zero-order chi connectivity index (χ0) is 24.4. The number of nitrogens with one attached hydrogen (secondary N) is 1. The van der Waals surface area contributed by atoms with Crippen LogP contribution in [0.2, 0.25) is 10.0 Å². The Labute approximate surface area is 204 Å². The molecule has 0 aliphatic carbocycles. The molecule has 1 N–H and O–H groups in total. The molecule has 0 fully saturated rings. The highest BCUT2D eigenvalue weighted by Gasteiger charge is 2.19. The Bertz CT molecular complexity index is 1370. The molecule has 0 aliphatic rings. The topological polar surface area (TPSA) is 69.3 Å². The van der Waals surface area contributed by atoms with E-state index in [4.69, 9.17) is 32.4 Å². The number of anilines is 1. The molecule has 4 aromatic rings. The summed E-state index contributed by atoms with van der Waals surface area (Å²) in [5.41, 5.74) is 2.75. The first-order valence-corrected chi connectivity index (χ1v) is 10.9. The van der Waals surface area contributed by atoms with Crippen LogP contribution in [0.5, 0.6) is 5.75 Å². The maximum absolute atomic E-state index is 13.7. The lowest BCUT2D eigenvalue weighted by Gasteiger charge is -2.08. The number of furan rings is 1. The van der Waals surface area contributed by atoms with Gasteiger partial charge in [-0.2, -0.15) is 5.10 Å². The predicted octanol–water partition coefficient (Wildman–Crippen LogP) is 6.56. The van der Waals surface area contributed by atoms with Crippen molar-refractivity contribution >= 4 is 34.8 Å². The minimum absolute atomic E-state index is 0.0467. The molecule has 2 heterocycles. The molecule has 1 amide bonds. The van der Waals surface area contributed by atoms with Gasteiger partial charge in [-0.3, -0.25) is 9.48 Å². The smallest absolute Gasteiger partial charge is 0.291 e. The number of aryl methyl sites for hydroxylation is 1. The van der Waals surface area contributed by atoms with Gasteiger partial charge in [-0.25, -0.2) is 8.78 Å². The van der Waals surface area contributed by atoms with Gasteiger partial charge in [-0.05, 0) is 55.8 Å². The molecule has 10 heteroatoms. The van der Waals surface area contributed by atoms with Gasteiger partial charge in [0.1, 0.15) is 18.2 Å². The largest absolute Gasteiger partial charge is 0.483 e. The molecule has 0 bridgehead atoms. The van der Waals surface area contributed by atoms with Gasteiger partial charge < -0.3 is 14.5 Å². The van der Waals surface area contributed by atoms with Crippen LogP contribution in [-0.2, 0) is 13.2 Å². The van der Waals surface area contributed by atoms with Gasteiger partial charge in [-0.1, -0.05) is 29.3 Å². The average molecular weight is 506 g/mol. The van der Waals surface area contributed by atoms with Crippen LogP contribution >= 0.6 is 23.2 Å². The van der Waals surface area contributed by atoms with Crippen molar-refractivity contribution in [1.82, 2.24) is 9.78 Å². The number of amides is 1. The number of nitrogens with zero attached hydrogens (tertiary/aromatic N) is 2. The maximum atomic E-state index is 13.7. The second kappa shape index (κ2) is 9.87. The lowest BCUT2D eigenvalue weighted by atomic mass is 10.2. The fourth-order valence-electron chi connectivity index (χ4n) is 3.34. The molecule has 2 aromatic carbocycles. The fraction of sp³-hybridized carbons (Fsp3) is 0.167. The fourth-order valence-corrected chi connectivity index (χ4v) is 3.81. The average Bonchev–Trinajstić information content (AvgIpc) is 3.35. The second-order valence-corrected chi connectivity index (χ2v) is 8.37. The molecule has 0 radical (unpaired) electrons. The van der Waals surface area contributed by atoms with E-state index in [0.29, 0.717) is 33.7 Å². The van der Waals surface area contributed by atoms with Crippen LogP contribution in [0.4, 0.5) is 14.5 Å². The van der Waals surface area contributed by atoms with E-state index in [1.807, 2.05) is 13.0 Å². The highest BCUT2D eigenvalue weighted by atomic mass is 35.5. The summed E-state index contributed by atoms with van der Waals surface area (Å²) < 4.78 is 39.3. The van der Waals surface area contributed by atoms with Crippen molar-refractivity contribution in [2.24, 2.45) is 0 Å². The van der Waals surface area contributed by atoms with Crippen molar-refractivity contribution in [3.05, 3.63) is 98.7 Å². The molecule has 0 unspecified atom stereocenters. The van der Waals surface area contributed by atoms with Crippen LogP contribution in [0, 0.1) is 25.5 Å². The van der Waals surface area contributed by atoms with Crippen molar-refractivity contribution in [2.75, 3.05) is 5.32 Å². The Morgan fingerprint density at radius 2 is 1.91 bits per heavy atom. The number of carbonyl (C=O) groups is 1. The predicted molar refractivity (Wildman–Crippen MR) is 125 cm³/mol. The molecule has 0 atom stereocenters. The summed E-state index contributed by atoms with van der Waals surface area (Å²) in [6, 6.07) is 11.3. The number of aromatic nitrogens is 2. The molecule has 6 nitrogen and oxygen atoms in total. The molecule has 34 heavy (non-hydrogen) atoms. The minimum atomic E-state index is -0.827. The van der Waals surface area contributed by atoms with Gasteiger partial charge in [0.25, 0.3) is 5.91 Å². The molecule has 2 aromatic heterocycles. The first kappa shape index (κ1) is 23.8. The minimum Gasteiger partial charge on any atom is -0.483 e. The third-order valence-electron chi connectivity index (χ3n) is 5.10. The van der Waals surface area contributed by atoms with E-state index >= 15 is 0 Å². The van der Waals surface area contributed by atoms with E-state index in [2.05, 4.69) is 10.4 Å². The first-order chi connectivity index (χ1) is 16.2. The maximum Gasteiger partial charge on any atom is 0.291 e. The molecule has 0 saturated carbocycles. The number of halogens is 4. The molecule has 0 spiro atoms. The van der Waals surface area contributed by atoms with Gasteiger partial charge in [0, 0.05) is 16.1 Å². The van der Waals surface area contributed by atoms with Gasteiger partial charge in [-0.15, -0.1) is 0 Å². The second-order valence-electron chi connectivity index (χ2n) is 7.52. The monoisotopic (exact) mass is 505 g/mol. The van der Waals surface area contributed by atoms with Crippen LogP contribution in [0.15, 0.2) is 52.9 Å². The summed E-state index contributed by atoms with van der Waals surface area (Å²) in [5.74, 6) is -1.78. The van der Waals surface area contributed by atoms with Crippen molar-refractivity contribution in [2.45, 2.75) is 27.0 Å². The van der Waals surface area contributed by atoms with Crippen LogP contribution in [-0.4, -0.2) is 15.7 Å². The van der Waals surface area contributed by atoms with Crippen LogP contribution in [0.25, 0.3) is 0 Å². The number of carbonyl (C=O) groups excluding carboxylic acids is 1. The standard InChI is InChI=1S/C24H19Cl2F2N3O3/c1-13-23(14(2)31(30-13)11-15-3-4-16(25)9-19(15)26)29-24(32)22-8-6-18(34-22)12-33-21-7-5-17(27)10-20(21)28/h3-10H,11-12H2,1-2H3,(H,29,32). The Morgan fingerprint density at radius 3 is 2.65 bits per heavy atom. The summed E-state index contributed by atoms with van der Waals surface area (Å²) in [7, 11) is 0. The zero-order valence-corrected chi connectivity index (χ0v) is 19.7. The lowest BCUT2D eigenvalue weighted by molar-refractivity contribution is 0.0992.